The van der Waals surface area contributed by atoms with E-state index >= 15 is 0 Å². The minimum atomic E-state index is -3.05. The van der Waals surface area contributed by atoms with E-state index in [9.17, 15) is 4.80 Å². The Balaban J connectivity index is 3.18. The third-order valence-electron chi connectivity index (χ3n) is 4.06. The second kappa shape index (κ2) is 7.55. The number of hydrogen-bond acceptors (Lipinski definition) is 2. The lowest BCUT2D eigenvalue weighted by Crippen LogP contribution is -2.57. The fourth-order valence-electron chi connectivity index (χ4n) is 2.67. The van der Waals surface area contributed by atoms with Crippen LogP contribution in [0.5, 0.6) is 5.75 Å². The summed E-state index contributed by atoms with van der Waals surface area (Å²) >= 11 is 0. The molecule has 0 aliphatic rings. The van der Waals surface area contributed by atoms with Gasteiger partial charge in [0, 0.05) is 16.5 Å². The first kappa shape index (κ1) is 19.8. The molecule has 1 aromatic rings. The zero-order valence-corrected chi connectivity index (χ0v) is 16.8. The maximum Gasteiger partial charge on any atom is 0.407 e. The molecule has 0 aliphatic carbocycles. The Hall–Kier alpha value is -1.24. The highest BCUT2D eigenvalue weighted by Gasteiger charge is 2.57. The van der Waals surface area contributed by atoms with Gasteiger partial charge in [-0.15, -0.1) is 0 Å². The lowest BCUT2D eigenvalue weighted by Gasteiger charge is -2.45. The maximum absolute atomic E-state index is 11.4. The van der Waals surface area contributed by atoms with Gasteiger partial charge in [-0.3, -0.25) is 0 Å². The van der Waals surface area contributed by atoms with Gasteiger partial charge in [-0.2, -0.15) is 0 Å². The van der Waals surface area contributed by atoms with Crippen molar-refractivity contribution in [2.75, 3.05) is 0 Å². The van der Waals surface area contributed by atoms with Gasteiger partial charge >= 0.3 is 8.56 Å². The molecule has 0 atom stereocenters. The molecule has 0 saturated carbocycles. The molecule has 128 valence electrons. The van der Waals surface area contributed by atoms with Crippen molar-refractivity contribution in [2.45, 2.75) is 77.8 Å². The van der Waals surface area contributed by atoms with Crippen LogP contribution in [0.3, 0.4) is 0 Å². The zero-order valence-electron chi connectivity index (χ0n) is 15.8. The summed E-state index contributed by atoms with van der Waals surface area (Å²) in [6, 6.07) is 7.78. The van der Waals surface area contributed by atoms with Crippen LogP contribution in [0, 0.1) is 11.8 Å². The number of rotatable bonds is 4. The predicted molar refractivity (Wildman–Crippen MR) is 101 cm³/mol. The van der Waals surface area contributed by atoms with Crippen LogP contribution >= 0.6 is 0 Å². The van der Waals surface area contributed by atoms with Crippen LogP contribution < -0.4 is 4.43 Å². The van der Waals surface area contributed by atoms with Crippen molar-refractivity contribution >= 4 is 8.56 Å². The molecule has 3 heteroatoms. The second-order valence-corrected chi connectivity index (χ2v) is 12.6. The van der Waals surface area contributed by atoms with Crippen molar-refractivity contribution in [3.05, 3.63) is 29.8 Å². The Morgan fingerprint density at radius 1 is 1.04 bits per heavy atom. The Kier molecular flexibility index (Phi) is 6.50. The molecule has 0 fully saturated rings. The summed E-state index contributed by atoms with van der Waals surface area (Å²) in [6.45, 7) is 14.5. The number of hydrogen-bond donors (Lipinski definition) is 1. The van der Waals surface area contributed by atoms with E-state index < -0.39 is 8.56 Å². The molecule has 23 heavy (non-hydrogen) atoms. The average molecular weight is 333 g/mol. The van der Waals surface area contributed by atoms with Crippen molar-refractivity contribution < 1.29 is 9.22 Å². The van der Waals surface area contributed by atoms with Gasteiger partial charge in [0.15, 0.2) is 0 Å². The summed E-state index contributed by atoms with van der Waals surface area (Å²) in [5, 5.41) is -0.595. The van der Waals surface area contributed by atoms with Crippen LogP contribution in [0.15, 0.2) is 24.3 Å². The van der Waals surface area contributed by atoms with Gasteiger partial charge in [0.1, 0.15) is 5.75 Å². The van der Waals surface area contributed by atoms with Crippen molar-refractivity contribution in [3.8, 4) is 17.6 Å². The Bertz CT molecular complexity index is 554. The summed E-state index contributed by atoms with van der Waals surface area (Å²) in [7, 11) is -3.05. The monoisotopic (exact) mass is 332 g/mol. The highest BCUT2D eigenvalue weighted by molar-refractivity contribution is 6.72. The molecule has 0 aromatic heterocycles. The van der Waals surface area contributed by atoms with Crippen LogP contribution in [0.4, 0.5) is 0 Å². The molecule has 1 N–H and O–H groups in total. The average Bonchev–Trinajstić information content (AvgIpc) is 2.42. The van der Waals surface area contributed by atoms with E-state index in [1.807, 2.05) is 24.3 Å². The van der Waals surface area contributed by atoms with Crippen LogP contribution in [-0.2, 0) is 0 Å². The molecule has 0 unspecified atom stereocenters. The van der Waals surface area contributed by atoms with Crippen molar-refractivity contribution in [3.63, 3.8) is 0 Å². The lowest BCUT2D eigenvalue weighted by atomic mass is 10.2. The van der Waals surface area contributed by atoms with Crippen LogP contribution in [0.1, 0.15) is 73.3 Å². The highest BCUT2D eigenvalue weighted by atomic mass is 28.4. The smallest absolute Gasteiger partial charge is 0.407 e. The van der Waals surface area contributed by atoms with Crippen molar-refractivity contribution in [1.29, 1.82) is 0 Å². The molecule has 0 radical (unpaired) electrons. The van der Waals surface area contributed by atoms with Gasteiger partial charge in [-0.25, -0.2) is 0 Å². The van der Waals surface area contributed by atoms with E-state index in [2.05, 4.69) is 60.3 Å². The highest BCUT2D eigenvalue weighted by Crippen LogP contribution is 2.50. The summed E-state index contributed by atoms with van der Waals surface area (Å²) in [5.74, 6) is 7.12. The molecule has 0 heterocycles. The van der Waals surface area contributed by atoms with E-state index in [1.165, 1.54) is 0 Å². The zero-order chi connectivity index (χ0) is 17.7. The van der Waals surface area contributed by atoms with E-state index in [4.69, 9.17) is 4.43 Å². The van der Waals surface area contributed by atoms with Crippen LogP contribution in [0.2, 0.25) is 10.1 Å². The maximum atomic E-state index is 11.4. The molecule has 0 bridgehead atoms. The molecular weight excluding hydrogens is 300 g/mol. The fourth-order valence-corrected chi connectivity index (χ4v) is 6.03. The normalized spacial score (nSPS) is 12.5. The molecule has 1 rings (SSSR count). The predicted octanol–water partition coefficient (Wildman–Crippen LogP) is 5.64. The topological polar surface area (TPSA) is 29.5 Å². The minimum Gasteiger partial charge on any atom is -0.518 e. The first-order valence-electron chi connectivity index (χ1n) is 8.52. The third kappa shape index (κ3) is 4.86. The molecule has 1 aromatic carbocycles. The molecule has 0 aliphatic heterocycles. The van der Waals surface area contributed by atoms with Gasteiger partial charge in [-0.1, -0.05) is 78.9 Å². The minimum absolute atomic E-state index is 0.298. The molecule has 0 spiro atoms. The first-order chi connectivity index (χ1) is 10.5. The van der Waals surface area contributed by atoms with Gasteiger partial charge in [0.2, 0.25) is 0 Å². The van der Waals surface area contributed by atoms with Crippen LogP contribution in [-0.4, -0.2) is 13.4 Å². The largest absolute Gasteiger partial charge is 0.518 e. The quantitative estimate of drug-likeness (QED) is 0.439. The van der Waals surface area contributed by atoms with Crippen LogP contribution in [0.25, 0.3) is 0 Å². The van der Waals surface area contributed by atoms with Crippen molar-refractivity contribution in [2.24, 2.45) is 0 Å². The summed E-state index contributed by atoms with van der Waals surface area (Å²) < 4.78 is 6.31. The van der Waals surface area contributed by atoms with E-state index in [0.29, 0.717) is 5.75 Å². The third-order valence-corrected chi connectivity index (χ3v) is 8.64. The molecule has 2 nitrogen and oxygen atoms in total. The number of unbranched alkanes of at least 4 members (excludes halogenated alkanes) is 2. The fraction of sp³-hybridized carbons (Fsp3) is 0.600. The van der Waals surface area contributed by atoms with Gasteiger partial charge in [-0.05, 0) is 18.6 Å². The van der Waals surface area contributed by atoms with Gasteiger partial charge in [0.05, 0.1) is 5.56 Å². The SMILES string of the molecule is CCCCC#Cc1ccccc1O[Si](O)(C(C)(C)C)C(C)(C)C. The summed E-state index contributed by atoms with van der Waals surface area (Å²) in [6.07, 6.45) is 3.15. The first-order valence-corrected chi connectivity index (χ1v) is 10.4. The van der Waals surface area contributed by atoms with Gasteiger partial charge in [0.25, 0.3) is 0 Å². The van der Waals surface area contributed by atoms with E-state index in [-0.39, 0.29) is 10.1 Å². The van der Waals surface area contributed by atoms with Gasteiger partial charge < -0.3 is 9.22 Å². The Morgan fingerprint density at radius 3 is 2.13 bits per heavy atom. The second-order valence-electron chi connectivity index (χ2n) is 8.15. The molecule has 0 saturated heterocycles. The van der Waals surface area contributed by atoms with E-state index in [0.717, 1.165) is 24.8 Å². The van der Waals surface area contributed by atoms with E-state index in [1.54, 1.807) is 0 Å². The number of benzene rings is 1. The lowest BCUT2D eigenvalue weighted by molar-refractivity contribution is 0.283. The number of para-hydroxylation sites is 1. The molecule has 0 amide bonds. The molecular formula is C20H32O2Si. The summed E-state index contributed by atoms with van der Waals surface area (Å²) in [5.41, 5.74) is 0.864. The Morgan fingerprint density at radius 2 is 1.61 bits per heavy atom. The summed E-state index contributed by atoms with van der Waals surface area (Å²) in [4.78, 5) is 11.4. The Labute approximate surface area is 143 Å². The van der Waals surface area contributed by atoms with Crippen molar-refractivity contribution in [1.82, 2.24) is 0 Å². The standard InChI is InChI=1S/C20H32O2Si/c1-8-9-10-11-14-17-15-12-13-16-18(17)22-23(21,19(2,3)4)20(5,6)7/h12-13,15-16,21H,8-10H2,1-7H3.